The lowest BCUT2D eigenvalue weighted by molar-refractivity contribution is 0.669. The number of nitrogens with zero attached hydrogens (tertiary/aromatic N) is 1. The summed E-state index contributed by atoms with van der Waals surface area (Å²) in [5, 5.41) is 7.11. The van der Waals surface area contributed by atoms with Crippen LogP contribution in [-0.4, -0.2) is 0 Å². The maximum absolute atomic E-state index is 6.47. The van der Waals surface area contributed by atoms with E-state index in [0.29, 0.717) is 0 Å². The summed E-state index contributed by atoms with van der Waals surface area (Å²) in [5.74, 6) is 0. The predicted molar refractivity (Wildman–Crippen MR) is 220 cm³/mol. The van der Waals surface area contributed by atoms with E-state index in [1.54, 1.807) is 0 Å². The Morgan fingerprint density at radius 3 is 1.81 bits per heavy atom. The highest BCUT2D eigenvalue weighted by atomic mass is 16.3. The second kappa shape index (κ2) is 12.5. The molecule has 0 aliphatic heterocycles. The molecular formula is C50H33NO. The van der Waals surface area contributed by atoms with Gasteiger partial charge in [0.25, 0.3) is 0 Å². The average Bonchev–Trinajstić information content (AvgIpc) is 3.59. The van der Waals surface area contributed by atoms with Gasteiger partial charge in [-0.25, -0.2) is 0 Å². The Bertz CT molecular complexity index is 2900. The number of hydrogen-bond donors (Lipinski definition) is 0. The lowest BCUT2D eigenvalue weighted by atomic mass is 9.88. The minimum atomic E-state index is 0.863. The van der Waals surface area contributed by atoms with Crippen LogP contribution in [0.3, 0.4) is 0 Å². The summed E-state index contributed by atoms with van der Waals surface area (Å²) in [6, 6.07) is 71.9. The first kappa shape index (κ1) is 30.0. The zero-order valence-electron chi connectivity index (χ0n) is 28.4. The Kier molecular flexibility index (Phi) is 7.18. The molecule has 52 heavy (non-hydrogen) atoms. The Morgan fingerprint density at radius 1 is 0.327 bits per heavy atom. The molecule has 0 unspecified atom stereocenters. The minimum absolute atomic E-state index is 0.863. The number of para-hydroxylation sites is 1. The van der Waals surface area contributed by atoms with Gasteiger partial charge in [0, 0.05) is 33.8 Å². The molecule has 0 aliphatic rings. The van der Waals surface area contributed by atoms with Crippen LogP contribution in [0.4, 0.5) is 17.1 Å². The minimum Gasteiger partial charge on any atom is -0.456 e. The second-order valence-electron chi connectivity index (χ2n) is 13.3. The van der Waals surface area contributed by atoms with Crippen molar-refractivity contribution in [1.82, 2.24) is 0 Å². The van der Waals surface area contributed by atoms with E-state index in [0.717, 1.165) is 39.0 Å². The Balaban J connectivity index is 1.26. The fraction of sp³-hybridized carbons (Fsp3) is 0. The lowest BCUT2D eigenvalue weighted by Gasteiger charge is -2.30. The Hall–Kier alpha value is -6.90. The average molecular weight is 664 g/mol. The summed E-state index contributed by atoms with van der Waals surface area (Å²) < 4.78 is 6.47. The molecule has 0 aliphatic carbocycles. The van der Waals surface area contributed by atoms with Crippen molar-refractivity contribution in [1.29, 1.82) is 0 Å². The fourth-order valence-electron chi connectivity index (χ4n) is 7.76. The van der Waals surface area contributed by atoms with Crippen molar-refractivity contribution in [3.8, 4) is 33.4 Å². The number of fused-ring (bicyclic) bond motifs is 5. The highest BCUT2D eigenvalue weighted by Gasteiger charge is 2.23. The van der Waals surface area contributed by atoms with Gasteiger partial charge >= 0.3 is 0 Å². The molecule has 1 aromatic heterocycles. The van der Waals surface area contributed by atoms with Gasteiger partial charge in [-0.3, -0.25) is 0 Å². The van der Waals surface area contributed by atoms with Crippen molar-refractivity contribution < 1.29 is 4.42 Å². The van der Waals surface area contributed by atoms with E-state index in [-0.39, 0.29) is 0 Å². The van der Waals surface area contributed by atoms with Crippen LogP contribution in [0.1, 0.15) is 0 Å². The van der Waals surface area contributed by atoms with Gasteiger partial charge in [-0.15, -0.1) is 0 Å². The van der Waals surface area contributed by atoms with Gasteiger partial charge in [0.05, 0.1) is 5.69 Å². The highest BCUT2D eigenvalue weighted by molar-refractivity contribution is 6.09. The van der Waals surface area contributed by atoms with Crippen LogP contribution < -0.4 is 4.90 Å². The molecule has 2 heteroatoms. The van der Waals surface area contributed by atoms with Gasteiger partial charge in [-0.1, -0.05) is 152 Å². The Labute approximate surface area is 302 Å². The van der Waals surface area contributed by atoms with Crippen LogP contribution >= 0.6 is 0 Å². The van der Waals surface area contributed by atoms with E-state index in [1.807, 2.05) is 12.1 Å². The zero-order chi connectivity index (χ0) is 34.4. The molecule has 9 aromatic carbocycles. The van der Waals surface area contributed by atoms with E-state index >= 15 is 0 Å². The summed E-state index contributed by atoms with van der Waals surface area (Å²) in [6.45, 7) is 0. The van der Waals surface area contributed by atoms with Gasteiger partial charge < -0.3 is 9.32 Å². The molecule has 0 radical (unpaired) electrons. The first-order valence-electron chi connectivity index (χ1n) is 17.8. The molecular weight excluding hydrogens is 631 g/mol. The zero-order valence-corrected chi connectivity index (χ0v) is 28.4. The second-order valence-corrected chi connectivity index (χ2v) is 13.3. The molecule has 0 fully saturated rings. The SMILES string of the molecule is c1ccc(-c2ccc(N(c3ccc4c(c3)oc3ccccc34)c3cccc(-c4ccc5ccccc5c4)c3-c3cccc4ccccc34)cc2)cc1. The third-order valence-electron chi connectivity index (χ3n) is 10.3. The van der Waals surface area contributed by atoms with Crippen molar-refractivity contribution >= 4 is 60.5 Å². The number of benzene rings is 9. The first-order chi connectivity index (χ1) is 25.8. The van der Waals surface area contributed by atoms with Gasteiger partial charge in [0.15, 0.2) is 0 Å². The maximum atomic E-state index is 6.47. The summed E-state index contributed by atoms with van der Waals surface area (Å²) >= 11 is 0. The van der Waals surface area contributed by atoms with Crippen LogP contribution in [0.15, 0.2) is 205 Å². The van der Waals surface area contributed by atoms with Crippen LogP contribution in [0.2, 0.25) is 0 Å². The van der Waals surface area contributed by atoms with Crippen molar-refractivity contribution in [2.75, 3.05) is 4.90 Å². The molecule has 10 aromatic rings. The summed E-state index contributed by atoms with van der Waals surface area (Å²) in [5.41, 5.74) is 12.0. The van der Waals surface area contributed by atoms with Crippen molar-refractivity contribution in [2.24, 2.45) is 0 Å². The normalized spacial score (nSPS) is 11.5. The number of furan rings is 1. The highest BCUT2D eigenvalue weighted by Crippen LogP contribution is 2.48. The fourth-order valence-corrected chi connectivity index (χ4v) is 7.76. The molecule has 0 N–H and O–H groups in total. The lowest BCUT2D eigenvalue weighted by Crippen LogP contribution is -2.12. The third-order valence-corrected chi connectivity index (χ3v) is 10.3. The van der Waals surface area contributed by atoms with Crippen LogP contribution in [0.25, 0.3) is 76.9 Å². The largest absolute Gasteiger partial charge is 0.456 e. The van der Waals surface area contributed by atoms with Gasteiger partial charge in [0.1, 0.15) is 11.2 Å². The standard InChI is InChI=1S/C50H33NO/c1-2-12-34(13-3-1)36-26-28-40(29-27-36)51(41-30-31-45-44-19-8-9-23-48(44)52-49(45)33-41)47-22-11-20-43(39-25-24-35-14-4-5-16-38(35)32-39)50(47)46-21-10-17-37-15-6-7-18-42(37)46/h1-33H. The molecule has 0 spiro atoms. The molecule has 0 saturated carbocycles. The molecule has 0 amide bonds. The van der Waals surface area contributed by atoms with E-state index in [1.165, 1.54) is 54.9 Å². The number of anilines is 3. The molecule has 0 saturated heterocycles. The number of hydrogen-bond acceptors (Lipinski definition) is 2. The van der Waals surface area contributed by atoms with E-state index in [9.17, 15) is 0 Å². The summed E-state index contributed by atoms with van der Waals surface area (Å²) in [6.07, 6.45) is 0. The topological polar surface area (TPSA) is 16.4 Å². The monoisotopic (exact) mass is 663 g/mol. The van der Waals surface area contributed by atoms with Gasteiger partial charge in [-0.2, -0.15) is 0 Å². The van der Waals surface area contributed by atoms with Crippen molar-refractivity contribution in [3.63, 3.8) is 0 Å². The quantitative estimate of drug-likeness (QED) is 0.176. The van der Waals surface area contributed by atoms with E-state index in [2.05, 4.69) is 193 Å². The van der Waals surface area contributed by atoms with Crippen molar-refractivity contribution in [3.05, 3.63) is 200 Å². The van der Waals surface area contributed by atoms with Crippen molar-refractivity contribution in [2.45, 2.75) is 0 Å². The number of rotatable bonds is 6. The maximum Gasteiger partial charge on any atom is 0.137 e. The predicted octanol–water partition coefficient (Wildman–Crippen LogP) is 14.4. The molecule has 2 nitrogen and oxygen atoms in total. The molecule has 0 atom stereocenters. The summed E-state index contributed by atoms with van der Waals surface area (Å²) in [7, 11) is 0. The van der Waals surface area contributed by atoms with Gasteiger partial charge in [-0.05, 0) is 91.8 Å². The summed E-state index contributed by atoms with van der Waals surface area (Å²) in [4.78, 5) is 2.39. The van der Waals surface area contributed by atoms with Gasteiger partial charge in [0.2, 0.25) is 0 Å². The molecule has 1 heterocycles. The van der Waals surface area contributed by atoms with Crippen LogP contribution in [-0.2, 0) is 0 Å². The third kappa shape index (κ3) is 5.12. The van der Waals surface area contributed by atoms with E-state index < -0.39 is 0 Å². The smallest absolute Gasteiger partial charge is 0.137 e. The van der Waals surface area contributed by atoms with E-state index in [4.69, 9.17) is 4.42 Å². The first-order valence-corrected chi connectivity index (χ1v) is 17.8. The molecule has 0 bridgehead atoms. The van der Waals surface area contributed by atoms with Crippen LogP contribution in [0.5, 0.6) is 0 Å². The molecule has 244 valence electrons. The van der Waals surface area contributed by atoms with Crippen LogP contribution in [0, 0.1) is 0 Å². The Morgan fingerprint density at radius 2 is 0.942 bits per heavy atom. The molecule has 10 rings (SSSR count).